The highest BCUT2D eigenvalue weighted by molar-refractivity contribution is 8.00. The summed E-state index contributed by atoms with van der Waals surface area (Å²) in [6.07, 6.45) is 0. The molecule has 0 spiro atoms. The van der Waals surface area contributed by atoms with Crippen molar-refractivity contribution in [3.8, 4) is 11.4 Å². The molecular weight excluding hydrogens is 420 g/mol. The standard InChI is InChI=1S/C25H24N4O2S/c1-18-13-15-21(16-14-18)29-23(17-31-22-11-7-4-8-12-22)27-28-25(29)32-19(2)24(30)26-20-9-5-3-6-10-20/h3-16,19H,17H2,1-2H3,(H,26,30). The number of rotatable bonds is 8. The van der Waals surface area contributed by atoms with E-state index in [0.29, 0.717) is 11.0 Å². The molecule has 1 heterocycles. The third kappa shape index (κ3) is 5.36. The van der Waals surface area contributed by atoms with Gasteiger partial charge in [-0.15, -0.1) is 10.2 Å². The lowest BCUT2D eigenvalue weighted by molar-refractivity contribution is -0.115. The first-order chi connectivity index (χ1) is 15.6. The average molecular weight is 445 g/mol. The highest BCUT2D eigenvalue weighted by Gasteiger charge is 2.21. The lowest BCUT2D eigenvalue weighted by Crippen LogP contribution is -2.23. The second-order valence-corrected chi connectivity index (χ2v) is 8.59. The fourth-order valence-electron chi connectivity index (χ4n) is 3.06. The third-order valence-electron chi connectivity index (χ3n) is 4.80. The van der Waals surface area contributed by atoms with E-state index in [9.17, 15) is 4.79 Å². The molecule has 0 radical (unpaired) electrons. The number of benzene rings is 3. The summed E-state index contributed by atoms with van der Waals surface area (Å²) in [4.78, 5) is 12.7. The van der Waals surface area contributed by atoms with Crippen molar-refractivity contribution in [1.29, 1.82) is 0 Å². The SMILES string of the molecule is Cc1ccc(-n2c(COc3ccccc3)nnc2SC(C)C(=O)Nc2ccccc2)cc1. The molecular formula is C25H24N4O2S. The molecule has 3 aromatic carbocycles. The zero-order chi connectivity index (χ0) is 22.3. The maximum Gasteiger partial charge on any atom is 0.237 e. The fourth-order valence-corrected chi connectivity index (χ4v) is 3.95. The predicted molar refractivity (Wildman–Crippen MR) is 127 cm³/mol. The van der Waals surface area contributed by atoms with Gasteiger partial charge in [-0.25, -0.2) is 0 Å². The van der Waals surface area contributed by atoms with Crippen LogP contribution in [0.15, 0.2) is 90.1 Å². The molecule has 0 aliphatic carbocycles. The van der Waals surface area contributed by atoms with Crippen LogP contribution >= 0.6 is 11.8 Å². The van der Waals surface area contributed by atoms with Gasteiger partial charge in [0.15, 0.2) is 11.0 Å². The van der Waals surface area contributed by atoms with E-state index in [4.69, 9.17) is 4.74 Å². The van der Waals surface area contributed by atoms with E-state index in [2.05, 4.69) is 15.5 Å². The second kappa shape index (κ2) is 10.2. The van der Waals surface area contributed by atoms with E-state index in [1.54, 1.807) is 0 Å². The van der Waals surface area contributed by atoms with Gasteiger partial charge in [-0.05, 0) is 50.2 Å². The van der Waals surface area contributed by atoms with Gasteiger partial charge in [0.2, 0.25) is 5.91 Å². The van der Waals surface area contributed by atoms with Crippen molar-refractivity contribution in [3.63, 3.8) is 0 Å². The maximum atomic E-state index is 12.7. The van der Waals surface area contributed by atoms with Crippen molar-refractivity contribution in [2.75, 3.05) is 5.32 Å². The molecule has 1 amide bonds. The number of carbonyl (C=O) groups is 1. The Bertz CT molecular complexity index is 1160. The van der Waals surface area contributed by atoms with E-state index < -0.39 is 0 Å². The van der Waals surface area contributed by atoms with Crippen LogP contribution in [0.5, 0.6) is 5.75 Å². The zero-order valence-electron chi connectivity index (χ0n) is 17.9. The molecule has 1 unspecified atom stereocenters. The van der Waals surface area contributed by atoms with Gasteiger partial charge in [0.1, 0.15) is 12.4 Å². The number of ether oxygens (including phenoxy) is 1. The van der Waals surface area contributed by atoms with Crippen LogP contribution in [0.1, 0.15) is 18.3 Å². The molecule has 162 valence electrons. The molecule has 0 aliphatic rings. The van der Waals surface area contributed by atoms with Crippen LogP contribution in [-0.4, -0.2) is 25.9 Å². The third-order valence-corrected chi connectivity index (χ3v) is 5.84. The van der Waals surface area contributed by atoms with Gasteiger partial charge < -0.3 is 10.1 Å². The molecule has 32 heavy (non-hydrogen) atoms. The number of nitrogens with zero attached hydrogens (tertiary/aromatic N) is 3. The molecule has 1 N–H and O–H groups in total. The second-order valence-electron chi connectivity index (χ2n) is 7.29. The predicted octanol–water partition coefficient (Wildman–Crippen LogP) is 5.27. The van der Waals surface area contributed by atoms with Crippen molar-refractivity contribution < 1.29 is 9.53 Å². The van der Waals surface area contributed by atoms with Crippen molar-refractivity contribution in [3.05, 3.63) is 96.3 Å². The Hall–Kier alpha value is -3.58. The minimum Gasteiger partial charge on any atom is -0.486 e. The molecule has 1 atom stereocenters. The van der Waals surface area contributed by atoms with Crippen LogP contribution in [0.3, 0.4) is 0 Å². The normalized spacial score (nSPS) is 11.7. The Morgan fingerprint density at radius 2 is 1.62 bits per heavy atom. The Balaban J connectivity index is 1.56. The van der Waals surface area contributed by atoms with E-state index in [1.165, 1.54) is 11.8 Å². The van der Waals surface area contributed by atoms with Gasteiger partial charge in [0.05, 0.1) is 5.25 Å². The van der Waals surface area contributed by atoms with Gasteiger partial charge in [-0.3, -0.25) is 9.36 Å². The van der Waals surface area contributed by atoms with Gasteiger partial charge in [-0.2, -0.15) is 0 Å². The van der Waals surface area contributed by atoms with Crippen LogP contribution in [0.25, 0.3) is 5.69 Å². The first-order valence-corrected chi connectivity index (χ1v) is 11.2. The Labute approximate surface area is 191 Å². The van der Waals surface area contributed by atoms with Crippen LogP contribution in [-0.2, 0) is 11.4 Å². The Morgan fingerprint density at radius 3 is 2.31 bits per heavy atom. The van der Waals surface area contributed by atoms with E-state index in [-0.39, 0.29) is 17.8 Å². The van der Waals surface area contributed by atoms with Crippen molar-refractivity contribution in [2.24, 2.45) is 0 Å². The van der Waals surface area contributed by atoms with Crippen LogP contribution < -0.4 is 10.1 Å². The summed E-state index contributed by atoms with van der Waals surface area (Å²) < 4.78 is 7.85. The number of aryl methyl sites for hydroxylation is 1. The summed E-state index contributed by atoms with van der Waals surface area (Å²) in [5.74, 6) is 1.33. The maximum absolute atomic E-state index is 12.7. The van der Waals surface area contributed by atoms with Crippen molar-refractivity contribution in [2.45, 2.75) is 30.9 Å². The number of para-hydroxylation sites is 2. The first kappa shape index (κ1) is 21.6. The minimum atomic E-state index is -0.369. The zero-order valence-corrected chi connectivity index (χ0v) is 18.8. The lowest BCUT2D eigenvalue weighted by Gasteiger charge is -2.14. The molecule has 4 rings (SSSR count). The molecule has 1 aromatic heterocycles. The summed E-state index contributed by atoms with van der Waals surface area (Å²) in [5, 5.41) is 11.9. The number of hydrogen-bond acceptors (Lipinski definition) is 5. The number of thioether (sulfide) groups is 1. The Kier molecular flexibility index (Phi) is 6.87. The number of aromatic nitrogens is 3. The summed E-state index contributed by atoms with van der Waals surface area (Å²) in [6.45, 7) is 4.16. The average Bonchev–Trinajstić information content (AvgIpc) is 3.22. The van der Waals surface area contributed by atoms with Crippen LogP contribution in [0.4, 0.5) is 5.69 Å². The van der Waals surface area contributed by atoms with E-state index in [0.717, 1.165) is 22.7 Å². The topological polar surface area (TPSA) is 69.0 Å². The monoisotopic (exact) mass is 444 g/mol. The molecule has 0 saturated carbocycles. The Morgan fingerprint density at radius 1 is 0.969 bits per heavy atom. The van der Waals surface area contributed by atoms with Gasteiger partial charge in [0, 0.05) is 11.4 Å². The van der Waals surface area contributed by atoms with E-state index in [1.807, 2.05) is 103 Å². The summed E-state index contributed by atoms with van der Waals surface area (Å²) in [7, 11) is 0. The highest BCUT2D eigenvalue weighted by Crippen LogP contribution is 2.27. The quantitative estimate of drug-likeness (QED) is 0.375. The molecule has 7 heteroatoms. The van der Waals surface area contributed by atoms with E-state index >= 15 is 0 Å². The lowest BCUT2D eigenvalue weighted by atomic mass is 10.2. The summed E-state index contributed by atoms with van der Waals surface area (Å²) >= 11 is 1.36. The molecule has 0 saturated heterocycles. The number of anilines is 1. The number of amides is 1. The minimum absolute atomic E-state index is 0.0956. The fraction of sp³-hybridized carbons (Fsp3) is 0.160. The molecule has 4 aromatic rings. The molecule has 6 nitrogen and oxygen atoms in total. The summed E-state index contributed by atoms with van der Waals surface area (Å²) in [6, 6.07) is 27.1. The van der Waals surface area contributed by atoms with Crippen molar-refractivity contribution in [1.82, 2.24) is 14.8 Å². The highest BCUT2D eigenvalue weighted by atomic mass is 32.2. The molecule has 0 fully saturated rings. The largest absolute Gasteiger partial charge is 0.486 e. The molecule has 0 aliphatic heterocycles. The summed E-state index contributed by atoms with van der Waals surface area (Å²) in [5.41, 5.74) is 2.85. The van der Waals surface area contributed by atoms with Gasteiger partial charge in [0.25, 0.3) is 0 Å². The van der Waals surface area contributed by atoms with Crippen molar-refractivity contribution >= 4 is 23.4 Å². The van der Waals surface area contributed by atoms with Gasteiger partial charge >= 0.3 is 0 Å². The number of nitrogens with one attached hydrogen (secondary N) is 1. The number of hydrogen-bond donors (Lipinski definition) is 1. The van der Waals surface area contributed by atoms with Gasteiger partial charge in [-0.1, -0.05) is 65.9 Å². The molecule has 0 bridgehead atoms. The smallest absolute Gasteiger partial charge is 0.237 e. The number of carbonyl (C=O) groups excluding carboxylic acids is 1. The first-order valence-electron chi connectivity index (χ1n) is 10.3. The van der Waals surface area contributed by atoms with Crippen LogP contribution in [0, 0.1) is 6.92 Å². The van der Waals surface area contributed by atoms with Crippen LogP contribution in [0.2, 0.25) is 0 Å².